The molecule has 1 heterocycles. The van der Waals surface area contributed by atoms with Crippen LogP contribution >= 0.6 is 35.0 Å². The van der Waals surface area contributed by atoms with Crippen molar-refractivity contribution in [3.8, 4) is 5.75 Å². The first-order chi connectivity index (χ1) is 14.0. The van der Waals surface area contributed by atoms with E-state index in [2.05, 4.69) is 15.2 Å². The highest BCUT2D eigenvalue weighted by Crippen LogP contribution is 2.31. The molecule has 0 aliphatic heterocycles. The predicted octanol–water partition coefficient (Wildman–Crippen LogP) is 5.47. The number of halogens is 2. The molecule has 3 aromatic rings. The number of benzene rings is 2. The molecule has 0 aliphatic rings. The standard InChI is InChI=1S/C20H17Cl2N3O3S/c1-2-18-23-20(25-24-18)29-17(19(26)27)10-13-9-14(21)7-8-16(13)28-11-12-5-3-4-6-15(12)22/h3-10H,2,11H2,1H3,(H,26,27)(H,23,24,25)/b17-10-. The van der Waals surface area contributed by atoms with Crippen molar-refractivity contribution in [1.82, 2.24) is 15.2 Å². The summed E-state index contributed by atoms with van der Waals surface area (Å²) >= 11 is 13.2. The van der Waals surface area contributed by atoms with Crippen LogP contribution in [0.4, 0.5) is 0 Å². The number of ether oxygens (including phenoxy) is 1. The molecule has 2 aromatic carbocycles. The number of carbonyl (C=O) groups is 1. The molecule has 0 radical (unpaired) electrons. The Hall–Kier alpha value is -2.48. The van der Waals surface area contributed by atoms with Gasteiger partial charge in [-0.1, -0.05) is 48.3 Å². The molecule has 9 heteroatoms. The average Bonchev–Trinajstić information content (AvgIpc) is 3.15. The van der Waals surface area contributed by atoms with Gasteiger partial charge in [0.05, 0.1) is 0 Å². The summed E-state index contributed by atoms with van der Waals surface area (Å²) in [6, 6.07) is 12.4. The minimum Gasteiger partial charge on any atom is -0.488 e. The summed E-state index contributed by atoms with van der Waals surface area (Å²) in [6.45, 7) is 2.16. The number of aromatic amines is 1. The Morgan fingerprint density at radius 1 is 1.28 bits per heavy atom. The van der Waals surface area contributed by atoms with Crippen molar-refractivity contribution < 1.29 is 14.6 Å². The minimum absolute atomic E-state index is 0.0384. The van der Waals surface area contributed by atoms with Gasteiger partial charge in [-0.3, -0.25) is 5.10 Å². The Bertz CT molecular complexity index is 1050. The molecule has 0 fully saturated rings. The number of thioether (sulfide) groups is 1. The van der Waals surface area contributed by atoms with Gasteiger partial charge in [-0.25, -0.2) is 9.78 Å². The Balaban J connectivity index is 1.87. The second-order valence-electron chi connectivity index (χ2n) is 5.90. The quantitative estimate of drug-likeness (QED) is 0.350. The van der Waals surface area contributed by atoms with Crippen LogP contribution in [0.15, 0.2) is 52.5 Å². The van der Waals surface area contributed by atoms with E-state index in [0.717, 1.165) is 17.3 Å². The summed E-state index contributed by atoms with van der Waals surface area (Å²) in [7, 11) is 0. The molecule has 1 aromatic heterocycles. The number of nitrogens with zero attached hydrogens (tertiary/aromatic N) is 2. The summed E-state index contributed by atoms with van der Waals surface area (Å²) in [5, 5.41) is 17.8. The Labute approximate surface area is 181 Å². The maximum absolute atomic E-state index is 11.8. The van der Waals surface area contributed by atoms with Crippen LogP contribution in [0.5, 0.6) is 5.75 Å². The first-order valence-electron chi connectivity index (χ1n) is 8.66. The minimum atomic E-state index is -1.10. The third kappa shape index (κ3) is 5.76. The van der Waals surface area contributed by atoms with Crippen molar-refractivity contribution in [3.05, 3.63) is 74.4 Å². The van der Waals surface area contributed by atoms with Crippen molar-refractivity contribution in [2.75, 3.05) is 0 Å². The molecule has 0 bridgehead atoms. The number of rotatable bonds is 8. The third-order valence-electron chi connectivity index (χ3n) is 3.86. The third-order valence-corrected chi connectivity index (χ3v) is 5.34. The zero-order chi connectivity index (χ0) is 20.8. The van der Waals surface area contributed by atoms with E-state index in [1.54, 1.807) is 24.3 Å². The number of hydrogen-bond acceptors (Lipinski definition) is 5. The van der Waals surface area contributed by atoms with E-state index in [1.165, 1.54) is 6.08 Å². The predicted molar refractivity (Wildman–Crippen MR) is 114 cm³/mol. The highest BCUT2D eigenvalue weighted by atomic mass is 35.5. The molecule has 3 rings (SSSR count). The molecular formula is C20H17Cl2N3O3S. The lowest BCUT2D eigenvalue weighted by atomic mass is 10.2. The van der Waals surface area contributed by atoms with E-state index in [-0.39, 0.29) is 11.5 Å². The van der Waals surface area contributed by atoms with Crippen molar-refractivity contribution in [2.24, 2.45) is 0 Å². The van der Waals surface area contributed by atoms with Crippen LogP contribution in [0.25, 0.3) is 6.08 Å². The molecule has 0 atom stereocenters. The number of aryl methyl sites for hydroxylation is 1. The molecular weight excluding hydrogens is 433 g/mol. The zero-order valence-electron chi connectivity index (χ0n) is 15.4. The molecule has 0 amide bonds. The van der Waals surface area contributed by atoms with E-state index >= 15 is 0 Å². The molecule has 0 spiro atoms. The van der Waals surface area contributed by atoms with Crippen LogP contribution in [0.3, 0.4) is 0 Å². The van der Waals surface area contributed by atoms with Crippen molar-refractivity contribution >= 4 is 47.0 Å². The van der Waals surface area contributed by atoms with Crippen molar-refractivity contribution in [2.45, 2.75) is 25.1 Å². The highest BCUT2D eigenvalue weighted by Gasteiger charge is 2.15. The summed E-state index contributed by atoms with van der Waals surface area (Å²) < 4.78 is 5.88. The summed E-state index contributed by atoms with van der Waals surface area (Å²) in [6.07, 6.45) is 2.16. The maximum Gasteiger partial charge on any atom is 0.342 e. The number of aliphatic carboxylic acids is 1. The van der Waals surface area contributed by atoms with Crippen LogP contribution in [-0.2, 0) is 17.8 Å². The van der Waals surface area contributed by atoms with Gasteiger partial charge < -0.3 is 9.84 Å². The maximum atomic E-state index is 11.8. The number of hydrogen-bond donors (Lipinski definition) is 2. The molecule has 2 N–H and O–H groups in total. The number of nitrogens with one attached hydrogen (secondary N) is 1. The van der Waals surface area contributed by atoms with Crippen molar-refractivity contribution in [3.63, 3.8) is 0 Å². The number of H-pyrrole nitrogens is 1. The molecule has 0 saturated heterocycles. The SMILES string of the molecule is CCc1nc(S/C(=C\c2cc(Cl)ccc2OCc2ccccc2Cl)C(=O)O)n[nH]1. The van der Waals surface area contributed by atoms with Gasteiger partial charge in [0.1, 0.15) is 23.1 Å². The normalized spacial score (nSPS) is 11.5. The van der Waals surface area contributed by atoms with Gasteiger partial charge in [-0.2, -0.15) is 0 Å². The topological polar surface area (TPSA) is 88.1 Å². The van der Waals surface area contributed by atoms with E-state index in [1.807, 2.05) is 25.1 Å². The fourth-order valence-electron chi connectivity index (χ4n) is 2.39. The fourth-order valence-corrected chi connectivity index (χ4v) is 3.48. The Morgan fingerprint density at radius 2 is 2.07 bits per heavy atom. The van der Waals surface area contributed by atoms with Gasteiger partial charge >= 0.3 is 5.97 Å². The van der Waals surface area contributed by atoms with Gasteiger partial charge in [0, 0.05) is 27.6 Å². The van der Waals surface area contributed by atoms with E-state index in [0.29, 0.717) is 38.8 Å². The van der Waals surface area contributed by atoms with E-state index < -0.39 is 5.97 Å². The molecule has 150 valence electrons. The second kappa shape index (κ2) is 9.82. The number of carboxylic acid groups (broad SMARTS) is 1. The molecule has 0 saturated carbocycles. The lowest BCUT2D eigenvalue weighted by Crippen LogP contribution is -2.00. The van der Waals surface area contributed by atoms with Crippen LogP contribution in [0, 0.1) is 0 Å². The summed E-state index contributed by atoms with van der Waals surface area (Å²) in [5.41, 5.74) is 1.35. The van der Waals surface area contributed by atoms with Gasteiger partial charge in [0.2, 0.25) is 5.16 Å². The van der Waals surface area contributed by atoms with Gasteiger partial charge in [-0.05, 0) is 42.1 Å². The van der Waals surface area contributed by atoms with Crippen LogP contribution < -0.4 is 4.74 Å². The van der Waals surface area contributed by atoms with E-state index in [9.17, 15) is 9.90 Å². The Morgan fingerprint density at radius 3 is 2.76 bits per heavy atom. The van der Waals surface area contributed by atoms with E-state index in [4.69, 9.17) is 27.9 Å². The highest BCUT2D eigenvalue weighted by molar-refractivity contribution is 8.04. The smallest absolute Gasteiger partial charge is 0.342 e. The first kappa shape index (κ1) is 21.2. The lowest BCUT2D eigenvalue weighted by Gasteiger charge is -2.11. The monoisotopic (exact) mass is 449 g/mol. The fraction of sp³-hybridized carbons (Fsp3) is 0.150. The molecule has 29 heavy (non-hydrogen) atoms. The first-order valence-corrected chi connectivity index (χ1v) is 10.2. The number of carboxylic acids is 1. The second-order valence-corrected chi connectivity index (χ2v) is 7.75. The molecule has 6 nitrogen and oxygen atoms in total. The summed E-state index contributed by atoms with van der Waals surface area (Å²) in [4.78, 5) is 16.0. The largest absolute Gasteiger partial charge is 0.488 e. The average molecular weight is 450 g/mol. The zero-order valence-corrected chi connectivity index (χ0v) is 17.7. The molecule has 0 unspecified atom stereocenters. The Kier molecular flexibility index (Phi) is 7.19. The summed E-state index contributed by atoms with van der Waals surface area (Å²) in [5.74, 6) is 0.0662. The van der Waals surface area contributed by atoms with Crippen LogP contribution in [0.2, 0.25) is 10.0 Å². The van der Waals surface area contributed by atoms with Gasteiger partial charge in [0.15, 0.2) is 0 Å². The lowest BCUT2D eigenvalue weighted by molar-refractivity contribution is -0.131. The molecule has 0 aliphatic carbocycles. The number of aromatic nitrogens is 3. The van der Waals surface area contributed by atoms with Crippen molar-refractivity contribution in [1.29, 1.82) is 0 Å². The van der Waals surface area contributed by atoms with Gasteiger partial charge in [0.25, 0.3) is 0 Å². The van der Waals surface area contributed by atoms with Crippen LogP contribution in [-0.4, -0.2) is 26.3 Å². The van der Waals surface area contributed by atoms with Gasteiger partial charge in [-0.15, -0.1) is 5.10 Å². The van der Waals surface area contributed by atoms with Crippen LogP contribution in [0.1, 0.15) is 23.9 Å².